The zero-order chi connectivity index (χ0) is 16.3. The molecular formula is C22H38O. The summed E-state index contributed by atoms with van der Waals surface area (Å²) in [5, 5.41) is 0. The van der Waals surface area contributed by atoms with Crippen LogP contribution in [0.1, 0.15) is 90.9 Å². The lowest BCUT2D eigenvalue weighted by molar-refractivity contribution is 0.0649. The normalized spacial score (nSPS) is 32.6. The lowest BCUT2D eigenvalue weighted by atomic mass is 9.70. The summed E-state index contributed by atoms with van der Waals surface area (Å²) in [6.07, 6.45) is 25.7. The first-order valence-corrected chi connectivity index (χ1v) is 10.3. The molecule has 0 heterocycles. The van der Waals surface area contributed by atoms with Gasteiger partial charge in [-0.1, -0.05) is 44.9 Å². The minimum absolute atomic E-state index is 0.492. The van der Waals surface area contributed by atoms with Crippen LogP contribution in [0.2, 0.25) is 0 Å². The lowest BCUT2D eigenvalue weighted by Crippen LogP contribution is -2.27. The molecule has 0 aliphatic heterocycles. The van der Waals surface area contributed by atoms with Gasteiger partial charge in [0.2, 0.25) is 0 Å². The first kappa shape index (κ1) is 18.6. The van der Waals surface area contributed by atoms with Crippen LogP contribution in [0.25, 0.3) is 0 Å². The van der Waals surface area contributed by atoms with E-state index in [9.17, 15) is 0 Å². The van der Waals surface area contributed by atoms with Crippen molar-refractivity contribution >= 4 is 0 Å². The van der Waals surface area contributed by atoms with Gasteiger partial charge in [-0.3, -0.25) is 0 Å². The monoisotopic (exact) mass is 318 g/mol. The van der Waals surface area contributed by atoms with Gasteiger partial charge in [0.1, 0.15) is 0 Å². The Morgan fingerprint density at radius 1 is 0.826 bits per heavy atom. The molecule has 0 radical (unpaired) electrons. The van der Waals surface area contributed by atoms with Crippen LogP contribution in [0.3, 0.4) is 0 Å². The summed E-state index contributed by atoms with van der Waals surface area (Å²) in [7, 11) is 0. The van der Waals surface area contributed by atoms with Gasteiger partial charge in [0.05, 0.1) is 12.4 Å². The molecule has 2 rings (SSSR count). The van der Waals surface area contributed by atoms with Crippen LogP contribution in [0.5, 0.6) is 0 Å². The van der Waals surface area contributed by atoms with Gasteiger partial charge in [0.25, 0.3) is 0 Å². The number of unbranched alkanes of at least 4 members (excludes halogenated alkanes) is 2. The number of hydrogen-bond acceptors (Lipinski definition) is 1. The molecule has 2 fully saturated rings. The van der Waals surface area contributed by atoms with E-state index in [-0.39, 0.29) is 0 Å². The van der Waals surface area contributed by atoms with Gasteiger partial charge in [-0.25, -0.2) is 0 Å². The number of hydrogen-bond donors (Lipinski definition) is 0. The zero-order valence-corrected chi connectivity index (χ0v) is 15.5. The molecule has 0 bridgehead atoms. The molecule has 0 unspecified atom stereocenters. The van der Waals surface area contributed by atoms with Crippen molar-refractivity contribution in [3.63, 3.8) is 0 Å². The third kappa shape index (κ3) is 6.73. The highest BCUT2D eigenvalue weighted by Gasteiger charge is 2.30. The highest BCUT2D eigenvalue weighted by atomic mass is 16.5. The maximum absolute atomic E-state index is 5.85. The van der Waals surface area contributed by atoms with E-state index in [0.717, 1.165) is 24.2 Å². The Labute approximate surface area is 144 Å². The molecule has 0 aromatic heterocycles. The fraction of sp³-hybridized carbons (Fsp3) is 0.818. The number of allylic oxidation sites excluding steroid dienone is 3. The van der Waals surface area contributed by atoms with Crippen LogP contribution in [-0.2, 0) is 4.74 Å². The van der Waals surface area contributed by atoms with Crippen LogP contribution in [0.15, 0.2) is 24.5 Å². The molecule has 1 nitrogen and oxygen atoms in total. The van der Waals surface area contributed by atoms with Crippen LogP contribution >= 0.6 is 0 Å². The summed E-state index contributed by atoms with van der Waals surface area (Å²) in [4.78, 5) is 0. The van der Waals surface area contributed by atoms with E-state index in [1.807, 2.05) is 6.26 Å². The first-order chi connectivity index (χ1) is 11.3. The second-order valence-electron chi connectivity index (χ2n) is 7.70. The maximum Gasteiger partial charge on any atom is 0.0978 e. The molecule has 0 N–H and O–H groups in total. The summed E-state index contributed by atoms with van der Waals surface area (Å²) < 4.78 is 5.85. The summed E-state index contributed by atoms with van der Waals surface area (Å²) in [6.45, 7) is 4.44. The molecule has 0 amide bonds. The Bertz CT molecular complexity index is 341. The average molecular weight is 319 g/mol. The van der Waals surface area contributed by atoms with Crippen LogP contribution in [0, 0.1) is 17.8 Å². The van der Waals surface area contributed by atoms with E-state index in [0.29, 0.717) is 6.10 Å². The molecule has 2 aliphatic carbocycles. The van der Waals surface area contributed by atoms with E-state index in [1.54, 1.807) is 0 Å². The minimum atomic E-state index is 0.492. The predicted octanol–water partition coefficient (Wildman–Crippen LogP) is 7.04. The third-order valence-electron chi connectivity index (χ3n) is 5.94. The topological polar surface area (TPSA) is 9.23 Å². The van der Waals surface area contributed by atoms with Gasteiger partial charge in [0.15, 0.2) is 0 Å². The fourth-order valence-electron chi connectivity index (χ4n) is 4.38. The van der Waals surface area contributed by atoms with Gasteiger partial charge in [-0.15, -0.1) is 0 Å². The van der Waals surface area contributed by atoms with Crippen molar-refractivity contribution in [1.29, 1.82) is 0 Å². The summed E-state index contributed by atoms with van der Waals surface area (Å²) in [6, 6.07) is 0. The standard InChI is InChI=1S/C22H38O/c1-3-5-7-8-9-19-10-12-20(13-11-19)21-14-16-22(17-15-21)23-18-6-4-2/h6,8-9,18-22H,3-5,7,10-17H2,1-2H3. The van der Waals surface area contributed by atoms with Crippen molar-refractivity contribution < 1.29 is 4.74 Å². The zero-order valence-electron chi connectivity index (χ0n) is 15.5. The van der Waals surface area contributed by atoms with Crippen LogP contribution in [0.4, 0.5) is 0 Å². The third-order valence-corrected chi connectivity index (χ3v) is 5.94. The molecule has 0 spiro atoms. The molecule has 0 aromatic rings. The van der Waals surface area contributed by atoms with Gasteiger partial charge < -0.3 is 4.74 Å². The Morgan fingerprint density at radius 3 is 2.09 bits per heavy atom. The molecule has 0 atom stereocenters. The van der Waals surface area contributed by atoms with Crippen molar-refractivity contribution in [2.45, 2.75) is 97.0 Å². The molecule has 2 saturated carbocycles. The lowest BCUT2D eigenvalue weighted by Gasteiger charge is -2.37. The summed E-state index contributed by atoms with van der Waals surface area (Å²) in [5.41, 5.74) is 0. The number of ether oxygens (including phenoxy) is 1. The van der Waals surface area contributed by atoms with Crippen LogP contribution < -0.4 is 0 Å². The molecule has 2 aliphatic rings. The smallest absolute Gasteiger partial charge is 0.0978 e. The maximum atomic E-state index is 5.85. The van der Waals surface area contributed by atoms with E-state index >= 15 is 0 Å². The second-order valence-corrected chi connectivity index (χ2v) is 7.70. The Hall–Kier alpha value is -0.720. The number of rotatable bonds is 8. The predicted molar refractivity (Wildman–Crippen MR) is 100 cm³/mol. The quantitative estimate of drug-likeness (QED) is 0.265. The van der Waals surface area contributed by atoms with E-state index in [1.165, 1.54) is 70.6 Å². The molecule has 0 aromatic carbocycles. The van der Waals surface area contributed by atoms with E-state index < -0.39 is 0 Å². The SMILES string of the molecule is CCC=COC1CCC(C2CCC(C=CCCCC)CC2)CC1. The minimum Gasteiger partial charge on any atom is -0.498 e. The van der Waals surface area contributed by atoms with Gasteiger partial charge in [0, 0.05) is 0 Å². The Balaban J connectivity index is 1.63. The highest BCUT2D eigenvalue weighted by molar-refractivity contribution is 4.92. The largest absolute Gasteiger partial charge is 0.498 e. The molecule has 132 valence electrons. The van der Waals surface area contributed by atoms with Crippen molar-refractivity contribution in [2.75, 3.05) is 0 Å². The Kier molecular flexibility index (Phi) is 8.86. The summed E-state index contributed by atoms with van der Waals surface area (Å²) >= 11 is 0. The van der Waals surface area contributed by atoms with Gasteiger partial charge >= 0.3 is 0 Å². The average Bonchev–Trinajstić information content (AvgIpc) is 2.60. The second kappa shape index (κ2) is 10.9. The van der Waals surface area contributed by atoms with E-state index in [4.69, 9.17) is 4.74 Å². The van der Waals surface area contributed by atoms with Gasteiger partial charge in [-0.2, -0.15) is 0 Å². The van der Waals surface area contributed by atoms with Crippen LogP contribution in [-0.4, -0.2) is 6.10 Å². The van der Waals surface area contributed by atoms with E-state index in [2.05, 4.69) is 32.1 Å². The van der Waals surface area contributed by atoms with Crippen molar-refractivity contribution in [2.24, 2.45) is 17.8 Å². The Morgan fingerprint density at radius 2 is 1.48 bits per heavy atom. The molecule has 1 heteroatoms. The molecule has 23 heavy (non-hydrogen) atoms. The van der Waals surface area contributed by atoms with Gasteiger partial charge in [-0.05, 0) is 82.0 Å². The summed E-state index contributed by atoms with van der Waals surface area (Å²) in [5.74, 6) is 2.86. The van der Waals surface area contributed by atoms with Crippen molar-refractivity contribution in [3.8, 4) is 0 Å². The highest BCUT2D eigenvalue weighted by Crippen LogP contribution is 2.40. The van der Waals surface area contributed by atoms with Crippen molar-refractivity contribution in [1.82, 2.24) is 0 Å². The fourth-order valence-corrected chi connectivity index (χ4v) is 4.38. The van der Waals surface area contributed by atoms with Crippen molar-refractivity contribution in [3.05, 3.63) is 24.5 Å². The molecule has 0 saturated heterocycles. The molecular weight excluding hydrogens is 280 g/mol. The first-order valence-electron chi connectivity index (χ1n) is 10.3.